The molecule has 1 saturated heterocycles. The van der Waals surface area contributed by atoms with Crippen molar-refractivity contribution in [3.63, 3.8) is 0 Å². The van der Waals surface area contributed by atoms with Crippen molar-refractivity contribution in [2.75, 3.05) is 13.2 Å². The van der Waals surface area contributed by atoms with Gasteiger partial charge >= 0.3 is 0 Å². The molecule has 0 amide bonds. The molecule has 2 aliphatic rings. The number of hydrogen-bond acceptors (Lipinski definition) is 3. The van der Waals surface area contributed by atoms with Gasteiger partial charge in [0.25, 0.3) is 0 Å². The lowest BCUT2D eigenvalue weighted by molar-refractivity contribution is -0.0603. The van der Waals surface area contributed by atoms with Crippen LogP contribution in [0.15, 0.2) is 0 Å². The van der Waals surface area contributed by atoms with Crippen LogP contribution in [-0.2, 0) is 4.74 Å². The average Bonchev–Trinajstić information content (AvgIpc) is 2.83. The molecule has 1 saturated carbocycles. The fraction of sp³-hybridized carbons (Fsp3) is 1.00. The Hall–Kier alpha value is -0.120. The monoisotopic (exact) mass is 171 g/mol. The summed E-state index contributed by atoms with van der Waals surface area (Å²) in [6.07, 6.45) is 4.40. The zero-order valence-electron chi connectivity index (χ0n) is 7.33. The highest BCUT2D eigenvalue weighted by Gasteiger charge is 2.47. The van der Waals surface area contributed by atoms with Crippen LogP contribution < -0.4 is 5.73 Å². The highest BCUT2D eigenvalue weighted by Crippen LogP contribution is 2.40. The SMILES string of the molecule is N[C@H](C1CC1)[C@@]1(CO)CCCO1. The molecular weight excluding hydrogens is 154 g/mol. The minimum Gasteiger partial charge on any atom is -0.393 e. The predicted molar refractivity (Wildman–Crippen MR) is 45.7 cm³/mol. The Balaban J connectivity index is 2.03. The van der Waals surface area contributed by atoms with Crippen molar-refractivity contribution in [1.82, 2.24) is 0 Å². The van der Waals surface area contributed by atoms with Gasteiger partial charge in [-0.2, -0.15) is 0 Å². The van der Waals surface area contributed by atoms with Gasteiger partial charge in [0.15, 0.2) is 0 Å². The van der Waals surface area contributed by atoms with Gasteiger partial charge in [-0.3, -0.25) is 0 Å². The smallest absolute Gasteiger partial charge is 0.106 e. The number of rotatable bonds is 3. The van der Waals surface area contributed by atoms with Crippen molar-refractivity contribution in [3.05, 3.63) is 0 Å². The first-order valence-electron chi connectivity index (χ1n) is 4.79. The van der Waals surface area contributed by atoms with E-state index in [1.165, 1.54) is 12.8 Å². The van der Waals surface area contributed by atoms with Gasteiger partial charge < -0.3 is 15.6 Å². The third-order valence-electron chi connectivity index (χ3n) is 3.14. The molecule has 1 heterocycles. The Morgan fingerprint density at radius 2 is 2.33 bits per heavy atom. The lowest BCUT2D eigenvalue weighted by Crippen LogP contribution is -2.51. The van der Waals surface area contributed by atoms with E-state index < -0.39 is 0 Å². The van der Waals surface area contributed by atoms with Gasteiger partial charge in [0, 0.05) is 12.6 Å². The Morgan fingerprint density at radius 1 is 1.58 bits per heavy atom. The number of hydrogen-bond donors (Lipinski definition) is 2. The molecule has 2 fully saturated rings. The summed E-state index contributed by atoms with van der Waals surface area (Å²) in [6, 6.07) is 0.0602. The predicted octanol–water partition coefficient (Wildman–Crippen LogP) is 0.265. The zero-order valence-corrected chi connectivity index (χ0v) is 7.33. The van der Waals surface area contributed by atoms with E-state index in [9.17, 15) is 5.11 Å². The van der Waals surface area contributed by atoms with Crippen molar-refractivity contribution in [2.24, 2.45) is 11.7 Å². The van der Waals surface area contributed by atoms with Crippen LogP contribution in [0.4, 0.5) is 0 Å². The quantitative estimate of drug-likeness (QED) is 0.640. The number of aliphatic hydroxyl groups is 1. The maximum atomic E-state index is 9.26. The third kappa shape index (κ3) is 1.26. The van der Waals surface area contributed by atoms with E-state index in [2.05, 4.69) is 0 Å². The van der Waals surface area contributed by atoms with Crippen LogP contribution in [0.5, 0.6) is 0 Å². The topological polar surface area (TPSA) is 55.5 Å². The van der Waals surface area contributed by atoms with E-state index in [0.29, 0.717) is 5.92 Å². The largest absolute Gasteiger partial charge is 0.393 e. The minimum absolute atomic E-state index is 0.0602. The standard InChI is InChI=1S/C9H17NO2/c10-8(7-2-3-7)9(6-11)4-1-5-12-9/h7-8,11H,1-6,10H2/t8-,9+/m1/s1. The van der Waals surface area contributed by atoms with Crippen molar-refractivity contribution in [3.8, 4) is 0 Å². The summed E-state index contributed by atoms with van der Waals surface area (Å²) in [7, 11) is 0. The van der Waals surface area contributed by atoms with E-state index >= 15 is 0 Å². The molecule has 70 valence electrons. The lowest BCUT2D eigenvalue weighted by atomic mass is 9.89. The van der Waals surface area contributed by atoms with Crippen LogP contribution in [-0.4, -0.2) is 30.0 Å². The van der Waals surface area contributed by atoms with Crippen LogP contribution >= 0.6 is 0 Å². The Labute approximate surface area is 72.9 Å². The normalized spacial score (nSPS) is 38.5. The molecular formula is C9H17NO2. The van der Waals surface area contributed by atoms with Crippen LogP contribution in [0.3, 0.4) is 0 Å². The van der Waals surface area contributed by atoms with Crippen molar-refractivity contribution in [1.29, 1.82) is 0 Å². The van der Waals surface area contributed by atoms with E-state index in [-0.39, 0.29) is 18.2 Å². The van der Waals surface area contributed by atoms with E-state index in [1.54, 1.807) is 0 Å². The highest BCUT2D eigenvalue weighted by molar-refractivity contribution is 5.01. The van der Waals surface area contributed by atoms with Gasteiger partial charge in [0.1, 0.15) is 5.60 Å². The van der Waals surface area contributed by atoms with Gasteiger partial charge in [0.2, 0.25) is 0 Å². The van der Waals surface area contributed by atoms with E-state index in [1.807, 2.05) is 0 Å². The molecule has 1 aliphatic carbocycles. The fourth-order valence-corrected chi connectivity index (χ4v) is 2.10. The van der Waals surface area contributed by atoms with Gasteiger partial charge in [-0.25, -0.2) is 0 Å². The number of ether oxygens (including phenoxy) is 1. The van der Waals surface area contributed by atoms with Gasteiger partial charge in [-0.05, 0) is 31.6 Å². The third-order valence-corrected chi connectivity index (χ3v) is 3.14. The number of aliphatic hydroxyl groups excluding tert-OH is 1. The number of nitrogens with two attached hydrogens (primary N) is 1. The molecule has 0 aromatic heterocycles. The molecule has 0 bridgehead atoms. The first-order valence-corrected chi connectivity index (χ1v) is 4.79. The first kappa shape index (κ1) is 8.48. The Morgan fingerprint density at radius 3 is 2.75 bits per heavy atom. The van der Waals surface area contributed by atoms with E-state index in [4.69, 9.17) is 10.5 Å². The first-order chi connectivity index (χ1) is 5.78. The second-order valence-electron chi connectivity index (χ2n) is 4.04. The molecule has 0 aromatic rings. The van der Waals surface area contributed by atoms with Crippen LogP contribution in [0.25, 0.3) is 0 Å². The molecule has 0 spiro atoms. The summed E-state index contributed by atoms with van der Waals surface area (Å²) in [6.45, 7) is 0.853. The molecule has 2 atom stereocenters. The zero-order chi connectivity index (χ0) is 8.60. The molecule has 3 N–H and O–H groups in total. The van der Waals surface area contributed by atoms with Crippen molar-refractivity contribution >= 4 is 0 Å². The highest BCUT2D eigenvalue weighted by atomic mass is 16.5. The second-order valence-corrected chi connectivity index (χ2v) is 4.04. The molecule has 0 aromatic carbocycles. The summed E-state index contributed by atoms with van der Waals surface area (Å²) >= 11 is 0. The van der Waals surface area contributed by atoms with Crippen molar-refractivity contribution in [2.45, 2.75) is 37.3 Å². The second kappa shape index (κ2) is 2.98. The molecule has 3 heteroatoms. The summed E-state index contributed by atoms with van der Waals surface area (Å²) in [4.78, 5) is 0. The lowest BCUT2D eigenvalue weighted by Gasteiger charge is -2.32. The maximum absolute atomic E-state index is 9.26. The van der Waals surface area contributed by atoms with E-state index in [0.717, 1.165) is 19.4 Å². The van der Waals surface area contributed by atoms with Crippen LogP contribution in [0, 0.1) is 5.92 Å². The van der Waals surface area contributed by atoms with Gasteiger partial charge in [0.05, 0.1) is 6.61 Å². The molecule has 0 radical (unpaired) electrons. The molecule has 3 nitrogen and oxygen atoms in total. The molecule has 12 heavy (non-hydrogen) atoms. The summed E-state index contributed by atoms with van der Waals surface area (Å²) in [5, 5.41) is 9.26. The summed E-state index contributed by atoms with van der Waals surface area (Å²) in [5.74, 6) is 0.607. The fourth-order valence-electron chi connectivity index (χ4n) is 2.10. The Bertz CT molecular complexity index is 162. The summed E-state index contributed by atoms with van der Waals surface area (Å²) < 4.78 is 5.58. The molecule has 1 aliphatic heterocycles. The maximum Gasteiger partial charge on any atom is 0.106 e. The summed E-state index contributed by atoms with van der Waals surface area (Å²) in [5.41, 5.74) is 5.66. The minimum atomic E-state index is -0.388. The molecule has 0 unspecified atom stereocenters. The molecule has 2 rings (SSSR count). The van der Waals surface area contributed by atoms with Crippen LogP contribution in [0.2, 0.25) is 0 Å². The average molecular weight is 171 g/mol. The van der Waals surface area contributed by atoms with Gasteiger partial charge in [-0.15, -0.1) is 0 Å². The Kier molecular flexibility index (Phi) is 2.10. The van der Waals surface area contributed by atoms with Gasteiger partial charge in [-0.1, -0.05) is 0 Å². The van der Waals surface area contributed by atoms with Crippen molar-refractivity contribution < 1.29 is 9.84 Å². The van der Waals surface area contributed by atoms with Crippen LogP contribution in [0.1, 0.15) is 25.7 Å².